The molecule has 0 aliphatic carbocycles. The second-order valence-corrected chi connectivity index (χ2v) is 6.00. The molecule has 0 aromatic heterocycles. The molecule has 0 spiro atoms. The molecule has 2 nitrogen and oxygen atoms in total. The van der Waals surface area contributed by atoms with E-state index in [0.29, 0.717) is 5.92 Å². The van der Waals surface area contributed by atoms with Crippen LogP contribution in [0.3, 0.4) is 0 Å². The third-order valence-corrected chi connectivity index (χ3v) is 4.13. The first-order valence-electron chi connectivity index (χ1n) is 8.71. The van der Waals surface area contributed by atoms with Crippen molar-refractivity contribution in [2.24, 2.45) is 0 Å². The van der Waals surface area contributed by atoms with Crippen molar-refractivity contribution in [2.45, 2.75) is 58.7 Å². The van der Waals surface area contributed by atoms with Crippen LogP contribution >= 0.6 is 0 Å². The molecular formula is C21H28O2. The first-order chi connectivity index (χ1) is 11.2. The minimum Gasteiger partial charge on any atom is -0.455 e. The number of ether oxygens (including phenoxy) is 2. The monoisotopic (exact) mass is 312 g/mol. The molecular weight excluding hydrogens is 284 g/mol. The summed E-state index contributed by atoms with van der Waals surface area (Å²) in [5.41, 5.74) is 1.36. The summed E-state index contributed by atoms with van der Waals surface area (Å²) in [6, 6.07) is 18.3. The van der Waals surface area contributed by atoms with E-state index in [2.05, 4.69) is 45.0 Å². The summed E-state index contributed by atoms with van der Waals surface area (Å²) in [5.74, 6) is 2.31. The van der Waals surface area contributed by atoms with Crippen LogP contribution in [0.4, 0.5) is 0 Å². The molecule has 0 N–H and O–H groups in total. The van der Waals surface area contributed by atoms with Crippen molar-refractivity contribution in [1.29, 1.82) is 0 Å². The smallest absolute Gasteiger partial charge is 0.241 e. The molecule has 2 rings (SSSR count). The third kappa shape index (κ3) is 5.63. The molecule has 124 valence electrons. The van der Waals surface area contributed by atoms with E-state index in [4.69, 9.17) is 9.47 Å². The molecule has 0 radical (unpaired) electrons. The van der Waals surface area contributed by atoms with Gasteiger partial charge in [0.05, 0.1) is 0 Å². The Hall–Kier alpha value is -1.96. The van der Waals surface area contributed by atoms with Gasteiger partial charge in [-0.05, 0) is 48.6 Å². The summed E-state index contributed by atoms with van der Waals surface area (Å²) in [6.07, 6.45) is 4.01. The first kappa shape index (κ1) is 17.4. The van der Waals surface area contributed by atoms with Crippen molar-refractivity contribution >= 4 is 0 Å². The molecule has 0 saturated carbocycles. The Morgan fingerprint density at radius 3 is 2.00 bits per heavy atom. The first-order valence-corrected chi connectivity index (χ1v) is 8.71. The lowest BCUT2D eigenvalue weighted by Gasteiger charge is -2.21. The molecule has 2 atom stereocenters. The molecule has 0 bridgehead atoms. The molecule has 0 fully saturated rings. The van der Waals surface area contributed by atoms with E-state index in [1.165, 1.54) is 5.56 Å². The average Bonchev–Trinajstić information content (AvgIpc) is 2.60. The Bertz CT molecular complexity index is 548. The predicted molar refractivity (Wildman–Crippen MR) is 96.2 cm³/mol. The predicted octanol–water partition coefficient (Wildman–Crippen LogP) is 6.17. The maximum atomic E-state index is 6.07. The number of unbranched alkanes of at least 4 members (excludes halogenated alkanes) is 1. The second kappa shape index (κ2) is 9.24. The van der Waals surface area contributed by atoms with Crippen LogP contribution in [0.2, 0.25) is 0 Å². The van der Waals surface area contributed by atoms with Crippen LogP contribution in [0.5, 0.6) is 11.5 Å². The molecule has 2 unspecified atom stereocenters. The van der Waals surface area contributed by atoms with Crippen LogP contribution in [0.1, 0.15) is 57.9 Å². The summed E-state index contributed by atoms with van der Waals surface area (Å²) in [6.45, 7) is 6.64. The Labute approximate surface area is 140 Å². The van der Waals surface area contributed by atoms with Crippen molar-refractivity contribution in [3.05, 3.63) is 60.2 Å². The largest absolute Gasteiger partial charge is 0.455 e. The molecule has 0 heterocycles. The average molecular weight is 312 g/mol. The molecule has 2 aromatic carbocycles. The van der Waals surface area contributed by atoms with Crippen molar-refractivity contribution in [3.8, 4) is 11.5 Å². The third-order valence-electron chi connectivity index (χ3n) is 4.13. The van der Waals surface area contributed by atoms with Gasteiger partial charge in [0.2, 0.25) is 6.29 Å². The normalized spacial score (nSPS) is 13.3. The SMILES string of the molecule is CCCCC(Oc1ccccc1)Oc1ccc(C(C)CC)cc1. The lowest BCUT2D eigenvalue weighted by Crippen LogP contribution is -2.23. The van der Waals surface area contributed by atoms with Gasteiger partial charge in [0.15, 0.2) is 0 Å². The maximum absolute atomic E-state index is 6.07. The second-order valence-electron chi connectivity index (χ2n) is 6.00. The molecule has 2 heteroatoms. The zero-order chi connectivity index (χ0) is 16.5. The van der Waals surface area contributed by atoms with Crippen molar-refractivity contribution in [2.75, 3.05) is 0 Å². The highest BCUT2D eigenvalue weighted by molar-refractivity contribution is 5.29. The topological polar surface area (TPSA) is 18.5 Å². The molecule has 0 aliphatic rings. The van der Waals surface area contributed by atoms with E-state index < -0.39 is 0 Å². The van der Waals surface area contributed by atoms with Gasteiger partial charge < -0.3 is 9.47 Å². The standard InChI is InChI=1S/C21H28O2/c1-4-6-12-21(22-19-10-8-7-9-11-19)23-20-15-13-18(14-16-20)17(3)5-2/h7-11,13-17,21H,4-6,12H2,1-3H3. The lowest BCUT2D eigenvalue weighted by molar-refractivity contribution is -0.00213. The molecule has 2 aromatic rings. The van der Waals surface area contributed by atoms with Gasteiger partial charge >= 0.3 is 0 Å². The van der Waals surface area contributed by atoms with Gasteiger partial charge in [-0.1, -0.05) is 57.5 Å². The van der Waals surface area contributed by atoms with Crippen molar-refractivity contribution in [1.82, 2.24) is 0 Å². The van der Waals surface area contributed by atoms with Crippen LogP contribution < -0.4 is 9.47 Å². The van der Waals surface area contributed by atoms with Gasteiger partial charge in [-0.15, -0.1) is 0 Å². The van der Waals surface area contributed by atoms with Gasteiger partial charge in [-0.25, -0.2) is 0 Å². The highest BCUT2D eigenvalue weighted by Crippen LogP contribution is 2.23. The van der Waals surface area contributed by atoms with Crippen LogP contribution in [0.25, 0.3) is 0 Å². The van der Waals surface area contributed by atoms with E-state index in [1.54, 1.807) is 0 Å². The van der Waals surface area contributed by atoms with Crippen LogP contribution in [-0.2, 0) is 0 Å². The summed E-state index contributed by atoms with van der Waals surface area (Å²) in [4.78, 5) is 0. The number of rotatable bonds is 9. The fourth-order valence-corrected chi connectivity index (χ4v) is 2.43. The maximum Gasteiger partial charge on any atom is 0.241 e. The fraction of sp³-hybridized carbons (Fsp3) is 0.429. The summed E-state index contributed by atoms with van der Waals surface area (Å²) >= 11 is 0. The van der Waals surface area contributed by atoms with Gasteiger partial charge in [-0.2, -0.15) is 0 Å². The van der Waals surface area contributed by atoms with E-state index in [1.807, 2.05) is 30.3 Å². The number of hydrogen-bond donors (Lipinski definition) is 0. The van der Waals surface area contributed by atoms with E-state index in [0.717, 1.165) is 37.2 Å². The van der Waals surface area contributed by atoms with Crippen LogP contribution in [0.15, 0.2) is 54.6 Å². The Kier molecular flexibility index (Phi) is 6.99. The minimum atomic E-state index is -0.244. The number of benzene rings is 2. The van der Waals surface area contributed by atoms with Crippen molar-refractivity contribution < 1.29 is 9.47 Å². The Morgan fingerprint density at radius 2 is 1.43 bits per heavy atom. The quantitative estimate of drug-likeness (QED) is 0.515. The lowest BCUT2D eigenvalue weighted by atomic mass is 9.99. The highest BCUT2D eigenvalue weighted by atomic mass is 16.7. The van der Waals surface area contributed by atoms with Crippen LogP contribution in [-0.4, -0.2) is 6.29 Å². The van der Waals surface area contributed by atoms with Gasteiger partial charge in [-0.3, -0.25) is 0 Å². The van der Waals surface area contributed by atoms with E-state index >= 15 is 0 Å². The molecule has 0 saturated heterocycles. The van der Waals surface area contributed by atoms with Gasteiger partial charge in [0, 0.05) is 6.42 Å². The van der Waals surface area contributed by atoms with Crippen LogP contribution in [0, 0.1) is 0 Å². The Morgan fingerprint density at radius 1 is 0.826 bits per heavy atom. The zero-order valence-corrected chi connectivity index (χ0v) is 14.5. The summed E-state index contributed by atoms with van der Waals surface area (Å²) in [5, 5.41) is 0. The molecule has 23 heavy (non-hydrogen) atoms. The zero-order valence-electron chi connectivity index (χ0n) is 14.5. The molecule has 0 amide bonds. The summed E-state index contributed by atoms with van der Waals surface area (Å²) < 4.78 is 12.1. The van der Waals surface area contributed by atoms with Gasteiger partial charge in [0.1, 0.15) is 11.5 Å². The Balaban J connectivity index is 2.01. The minimum absolute atomic E-state index is 0.244. The fourth-order valence-electron chi connectivity index (χ4n) is 2.43. The number of hydrogen-bond acceptors (Lipinski definition) is 2. The van der Waals surface area contributed by atoms with Gasteiger partial charge in [0.25, 0.3) is 0 Å². The summed E-state index contributed by atoms with van der Waals surface area (Å²) in [7, 11) is 0. The number of para-hydroxylation sites is 1. The molecule has 0 aliphatic heterocycles. The highest BCUT2D eigenvalue weighted by Gasteiger charge is 2.12. The van der Waals surface area contributed by atoms with E-state index in [9.17, 15) is 0 Å². The van der Waals surface area contributed by atoms with Crippen molar-refractivity contribution in [3.63, 3.8) is 0 Å². The van der Waals surface area contributed by atoms with E-state index in [-0.39, 0.29) is 6.29 Å².